The molecule has 0 atom stereocenters. The van der Waals surface area contributed by atoms with Crippen molar-refractivity contribution in [2.24, 2.45) is 5.10 Å². The van der Waals surface area contributed by atoms with Gasteiger partial charge in [0, 0.05) is 17.8 Å². The van der Waals surface area contributed by atoms with E-state index in [4.69, 9.17) is 0 Å². The van der Waals surface area contributed by atoms with Gasteiger partial charge >= 0.3 is 13.2 Å². The number of rotatable bonds is 7. The zero-order valence-corrected chi connectivity index (χ0v) is 11.5. The summed E-state index contributed by atoms with van der Waals surface area (Å²) in [5.41, 5.74) is 2.73. The van der Waals surface area contributed by atoms with Gasteiger partial charge in [-0.2, -0.15) is 22.7 Å². The van der Waals surface area contributed by atoms with E-state index in [1.165, 1.54) is 18.3 Å². The molecule has 0 spiro atoms. The van der Waals surface area contributed by atoms with E-state index in [1.807, 2.05) is 0 Å². The van der Waals surface area contributed by atoms with Crippen LogP contribution in [0.4, 0.5) is 23.4 Å². The number of halogens is 4. The molecule has 0 unspecified atom stereocenters. The molecule has 2 aromatic rings. The molecule has 0 saturated heterocycles. The number of pyridine rings is 1. The summed E-state index contributed by atoms with van der Waals surface area (Å²) in [6.45, 7) is -6.19. The first-order valence-corrected chi connectivity index (χ1v) is 6.28. The third-order valence-electron chi connectivity index (χ3n) is 2.47. The van der Waals surface area contributed by atoms with Gasteiger partial charge in [-0.15, -0.1) is 0 Å². The van der Waals surface area contributed by atoms with Crippen LogP contribution < -0.4 is 14.9 Å². The van der Waals surface area contributed by atoms with E-state index in [1.54, 1.807) is 24.4 Å². The van der Waals surface area contributed by atoms with Crippen molar-refractivity contribution in [3.63, 3.8) is 0 Å². The molecule has 1 heterocycles. The van der Waals surface area contributed by atoms with Gasteiger partial charge in [0.15, 0.2) is 0 Å². The highest BCUT2D eigenvalue weighted by Gasteiger charge is 2.12. The first-order valence-electron chi connectivity index (χ1n) is 6.28. The Balaban J connectivity index is 2.15. The topological polar surface area (TPSA) is 55.7 Å². The van der Waals surface area contributed by atoms with Gasteiger partial charge in [0.25, 0.3) is 0 Å². The first-order chi connectivity index (χ1) is 11.0. The summed E-state index contributed by atoms with van der Waals surface area (Å²) in [6.07, 6.45) is 2.73. The van der Waals surface area contributed by atoms with Gasteiger partial charge in [0.1, 0.15) is 17.3 Å². The Labute approximate surface area is 128 Å². The molecule has 1 aromatic heterocycles. The second-order valence-corrected chi connectivity index (χ2v) is 4.04. The van der Waals surface area contributed by atoms with Crippen molar-refractivity contribution in [1.82, 2.24) is 4.98 Å². The SMILES string of the molecule is FC(F)Oc1ccc(/C=N\Nc2ccccn2)c(OC(F)F)c1. The Hall–Kier alpha value is -2.84. The number of hydrogen-bond donors (Lipinski definition) is 1. The van der Waals surface area contributed by atoms with Gasteiger partial charge in [0.2, 0.25) is 0 Å². The lowest BCUT2D eigenvalue weighted by Crippen LogP contribution is -2.07. The van der Waals surface area contributed by atoms with E-state index in [2.05, 4.69) is 25.0 Å². The fourth-order valence-electron chi connectivity index (χ4n) is 1.59. The quantitative estimate of drug-likeness (QED) is 0.478. The summed E-state index contributed by atoms with van der Waals surface area (Å²) in [5, 5.41) is 3.82. The van der Waals surface area contributed by atoms with Gasteiger partial charge in [-0.05, 0) is 24.3 Å². The summed E-state index contributed by atoms with van der Waals surface area (Å²) >= 11 is 0. The van der Waals surface area contributed by atoms with Crippen molar-refractivity contribution in [3.8, 4) is 11.5 Å². The molecule has 0 fully saturated rings. The number of benzene rings is 1. The summed E-state index contributed by atoms with van der Waals surface area (Å²) in [6, 6.07) is 8.47. The van der Waals surface area contributed by atoms with Gasteiger partial charge in [-0.3, -0.25) is 5.43 Å². The predicted molar refractivity (Wildman–Crippen MR) is 75.2 cm³/mol. The Morgan fingerprint density at radius 3 is 2.48 bits per heavy atom. The van der Waals surface area contributed by atoms with E-state index in [0.29, 0.717) is 5.82 Å². The molecule has 0 aliphatic heterocycles. The standard InChI is InChI=1S/C14H11F4N3O2/c15-13(16)22-10-5-4-9(11(7-10)23-14(17)18)8-20-21-12-3-1-2-6-19-12/h1-8,13-14H,(H,19,21)/b20-8-. The molecule has 1 N–H and O–H groups in total. The normalized spacial score (nSPS) is 11.2. The van der Waals surface area contributed by atoms with Crippen molar-refractivity contribution >= 4 is 12.0 Å². The minimum Gasteiger partial charge on any atom is -0.435 e. The largest absolute Gasteiger partial charge is 0.435 e. The molecular weight excluding hydrogens is 318 g/mol. The molecule has 9 heteroatoms. The minimum atomic E-state index is -3.12. The highest BCUT2D eigenvalue weighted by molar-refractivity contribution is 5.84. The molecule has 0 aliphatic carbocycles. The summed E-state index contributed by atoms with van der Waals surface area (Å²) in [4.78, 5) is 3.95. The van der Waals surface area contributed by atoms with Gasteiger partial charge < -0.3 is 9.47 Å². The maximum absolute atomic E-state index is 12.4. The van der Waals surface area contributed by atoms with Crippen LogP contribution in [0.3, 0.4) is 0 Å². The average molecular weight is 329 g/mol. The predicted octanol–water partition coefficient (Wildman–Crippen LogP) is 3.73. The fourth-order valence-corrected chi connectivity index (χ4v) is 1.59. The van der Waals surface area contributed by atoms with Crippen molar-refractivity contribution in [2.75, 3.05) is 5.43 Å². The molecule has 0 saturated carbocycles. The third-order valence-corrected chi connectivity index (χ3v) is 2.47. The Morgan fingerprint density at radius 2 is 1.83 bits per heavy atom. The van der Waals surface area contributed by atoms with E-state index in [-0.39, 0.29) is 17.1 Å². The van der Waals surface area contributed by atoms with E-state index in [9.17, 15) is 17.6 Å². The highest BCUT2D eigenvalue weighted by atomic mass is 19.3. The van der Waals surface area contributed by atoms with Crippen LogP contribution in [0.1, 0.15) is 5.56 Å². The van der Waals surface area contributed by atoms with E-state index in [0.717, 1.165) is 6.07 Å². The van der Waals surface area contributed by atoms with E-state index >= 15 is 0 Å². The molecule has 0 amide bonds. The van der Waals surface area contributed by atoms with Crippen molar-refractivity contribution < 1.29 is 27.0 Å². The lowest BCUT2D eigenvalue weighted by molar-refractivity contribution is -0.0543. The Kier molecular flexibility index (Phi) is 5.73. The number of nitrogens with one attached hydrogen (secondary N) is 1. The maximum Gasteiger partial charge on any atom is 0.387 e. The van der Waals surface area contributed by atoms with Crippen LogP contribution in [-0.4, -0.2) is 24.4 Å². The summed E-state index contributed by atoms with van der Waals surface area (Å²) in [7, 11) is 0. The van der Waals surface area contributed by atoms with Crippen LogP contribution in [0, 0.1) is 0 Å². The second kappa shape index (κ2) is 7.97. The molecule has 1 aromatic carbocycles. The van der Waals surface area contributed by atoms with Crippen LogP contribution >= 0.6 is 0 Å². The minimum absolute atomic E-state index is 0.148. The summed E-state index contributed by atoms with van der Waals surface area (Å²) in [5.74, 6) is -0.201. The highest BCUT2D eigenvalue weighted by Crippen LogP contribution is 2.26. The lowest BCUT2D eigenvalue weighted by Gasteiger charge is -2.10. The zero-order valence-electron chi connectivity index (χ0n) is 11.5. The van der Waals surface area contributed by atoms with Crippen molar-refractivity contribution in [1.29, 1.82) is 0 Å². The average Bonchev–Trinajstić information content (AvgIpc) is 2.49. The lowest BCUT2D eigenvalue weighted by atomic mass is 10.2. The van der Waals surface area contributed by atoms with Crippen LogP contribution in [0.5, 0.6) is 11.5 Å². The number of hydrazone groups is 1. The van der Waals surface area contributed by atoms with Gasteiger partial charge in [-0.25, -0.2) is 4.98 Å². The third kappa shape index (κ3) is 5.46. The molecule has 122 valence electrons. The van der Waals surface area contributed by atoms with Gasteiger partial charge in [-0.1, -0.05) is 6.07 Å². The van der Waals surface area contributed by atoms with Crippen LogP contribution in [0.15, 0.2) is 47.7 Å². The fraction of sp³-hybridized carbons (Fsp3) is 0.143. The second-order valence-electron chi connectivity index (χ2n) is 4.04. The Bertz CT molecular complexity index is 654. The van der Waals surface area contributed by atoms with Crippen LogP contribution in [-0.2, 0) is 0 Å². The summed E-state index contributed by atoms with van der Waals surface area (Å²) < 4.78 is 57.5. The molecule has 5 nitrogen and oxygen atoms in total. The first kappa shape index (κ1) is 16.5. The van der Waals surface area contributed by atoms with Crippen molar-refractivity contribution in [2.45, 2.75) is 13.2 Å². The number of aromatic nitrogens is 1. The zero-order chi connectivity index (χ0) is 16.7. The maximum atomic E-state index is 12.4. The van der Waals surface area contributed by atoms with E-state index < -0.39 is 13.2 Å². The van der Waals surface area contributed by atoms with Crippen LogP contribution in [0.2, 0.25) is 0 Å². The molecule has 0 aliphatic rings. The number of ether oxygens (including phenoxy) is 2. The number of hydrogen-bond acceptors (Lipinski definition) is 5. The Morgan fingerprint density at radius 1 is 1.04 bits per heavy atom. The van der Waals surface area contributed by atoms with Crippen LogP contribution in [0.25, 0.3) is 0 Å². The molecule has 0 radical (unpaired) electrons. The smallest absolute Gasteiger partial charge is 0.387 e. The number of alkyl halides is 4. The number of anilines is 1. The van der Waals surface area contributed by atoms with Gasteiger partial charge in [0.05, 0.1) is 6.21 Å². The monoisotopic (exact) mass is 329 g/mol. The molecular formula is C14H11F4N3O2. The van der Waals surface area contributed by atoms with Crippen molar-refractivity contribution in [3.05, 3.63) is 48.2 Å². The molecule has 2 rings (SSSR count). The number of nitrogens with zero attached hydrogens (tertiary/aromatic N) is 2. The molecule has 23 heavy (non-hydrogen) atoms. The molecule has 0 bridgehead atoms.